The van der Waals surface area contributed by atoms with Gasteiger partial charge in [0, 0.05) is 11.8 Å². The van der Waals surface area contributed by atoms with Crippen molar-refractivity contribution in [1.82, 2.24) is 0 Å². The van der Waals surface area contributed by atoms with E-state index in [1.807, 2.05) is 6.92 Å². The third kappa shape index (κ3) is 7.01. The summed E-state index contributed by atoms with van der Waals surface area (Å²) >= 11 is 0. The summed E-state index contributed by atoms with van der Waals surface area (Å²) in [6, 6.07) is 12.7. The molecule has 10 nitrogen and oxygen atoms in total. The summed E-state index contributed by atoms with van der Waals surface area (Å²) in [7, 11) is 0. The molecule has 258 valence electrons. The average molecular weight is 683 g/mol. The van der Waals surface area contributed by atoms with Gasteiger partial charge in [-0.05, 0) is 77.2 Å². The molecule has 0 amide bonds. The van der Waals surface area contributed by atoms with Crippen molar-refractivity contribution in [3.8, 4) is 23.0 Å². The van der Waals surface area contributed by atoms with Gasteiger partial charge in [0.15, 0.2) is 0 Å². The number of phenols is 4. The maximum absolute atomic E-state index is 13.8. The highest BCUT2D eigenvalue weighted by molar-refractivity contribution is 5.68. The molecule has 0 aromatic heterocycles. The first-order chi connectivity index (χ1) is 22.1. The first-order valence-electron chi connectivity index (χ1n) is 13.8. The Labute approximate surface area is 269 Å². The molecular weight excluding hydrogens is 650 g/mol. The first-order valence-corrected chi connectivity index (χ1v) is 13.8. The molecule has 0 aliphatic rings. The molecule has 0 aliphatic carbocycles. The van der Waals surface area contributed by atoms with Crippen LogP contribution in [0.4, 0.5) is 49.1 Å². The Bertz CT molecular complexity index is 1690. The lowest BCUT2D eigenvalue weighted by Gasteiger charge is -2.38. The van der Waals surface area contributed by atoms with Crippen LogP contribution >= 0.6 is 0 Å². The number of carbonyl (C=O) groups is 1. The number of aromatic hydroxyl groups is 4. The van der Waals surface area contributed by atoms with Crippen molar-refractivity contribution < 1.29 is 56.7 Å². The zero-order chi connectivity index (χ0) is 36.4. The van der Waals surface area contributed by atoms with Crippen molar-refractivity contribution >= 4 is 28.7 Å². The molecule has 4 aromatic carbocycles. The van der Waals surface area contributed by atoms with Gasteiger partial charge in [-0.3, -0.25) is 4.79 Å². The van der Waals surface area contributed by atoms with Crippen molar-refractivity contribution in [3.05, 3.63) is 95.1 Å². The maximum atomic E-state index is 13.8. The molecule has 0 aliphatic heterocycles. The fourth-order valence-corrected chi connectivity index (χ4v) is 5.17. The number of carboxylic acid groups (broad SMARTS) is 1. The van der Waals surface area contributed by atoms with Crippen molar-refractivity contribution in [2.75, 3.05) is 22.9 Å². The van der Waals surface area contributed by atoms with E-state index in [0.717, 1.165) is 11.1 Å². The molecule has 0 heterocycles. The normalized spacial score (nSPS) is 12.2. The summed E-state index contributed by atoms with van der Waals surface area (Å²) in [5, 5.41) is 46.9. The molecule has 13 N–H and O–H groups in total. The summed E-state index contributed by atoms with van der Waals surface area (Å²) < 4.78 is 82.7. The molecule has 4 aromatic rings. The molecule has 0 saturated carbocycles. The number of benzene rings is 4. The van der Waals surface area contributed by atoms with Crippen molar-refractivity contribution in [2.24, 2.45) is 0 Å². The van der Waals surface area contributed by atoms with Crippen LogP contribution in [-0.2, 0) is 15.6 Å². The lowest BCUT2D eigenvalue weighted by Crippen LogP contribution is -2.54. The number of nitrogens with two attached hydrogens (primary N) is 4. The van der Waals surface area contributed by atoms with Gasteiger partial charge in [-0.15, -0.1) is 0 Å². The second kappa shape index (κ2) is 13.2. The molecule has 0 saturated heterocycles. The van der Waals surface area contributed by atoms with E-state index >= 15 is 0 Å². The van der Waals surface area contributed by atoms with E-state index in [4.69, 9.17) is 28.0 Å². The molecular formula is C32H32F6N4O6. The highest BCUT2D eigenvalue weighted by Gasteiger charge is 2.72. The average Bonchev–Trinajstić information content (AvgIpc) is 2.97. The van der Waals surface area contributed by atoms with Crippen molar-refractivity contribution in [2.45, 2.75) is 42.9 Å². The lowest BCUT2D eigenvalue weighted by atomic mass is 9.72. The van der Waals surface area contributed by atoms with E-state index < -0.39 is 63.2 Å². The van der Waals surface area contributed by atoms with Crippen LogP contribution in [0.3, 0.4) is 0 Å². The Balaban J connectivity index is 0.000000261. The van der Waals surface area contributed by atoms with Crippen molar-refractivity contribution in [3.63, 3.8) is 0 Å². The Kier molecular flexibility index (Phi) is 10.1. The van der Waals surface area contributed by atoms with Crippen LogP contribution in [0.2, 0.25) is 0 Å². The van der Waals surface area contributed by atoms with Gasteiger partial charge in [0.1, 0.15) is 23.0 Å². The second-order valence-electron chi connectivity index (χ2n) is 11.1. The van der Waals surface area contributed by atoms with Gasteiger partial charge in [-0.1, -0.05) is 31.2 Å². The Morgan fingerprint density at radius 2 is 0.833 bits per heavy atom. The molecule has 4 rings (SSSR count). The Hall–Kier alpha value is -5.67. The summed E-state index contributed by atoms with van der Waals surface area (Å²) in [6.45, 7) is 1.88. The van der Waals surface area contributed by atoms with Crippen LogP contribution in [-0.4, -0.2) is 43.9 Å². The van der Waals surface area contributed by atoms with E-state index in [1.54, 1.807) is 24.3 Å². The number of nitrogen functional groups attached to an aromatic ring is 4. The molecule has 0 unspecified atom stereocenters. The fraction of sp³-hybridized carbons (Fsp3) is 0.219. The molecule has 48 heavy (non-hydrogen) atoms. The molecule has 0 radical (unpaired) electrons. The third-order valence-corrected chi connectivity index (χ3v) is 7.94. The minimum atomic E-state index is -5.82. The summed E-state index contributed by atoms with van der Waals surface area (Å²) in [5.74, 6) is -2.28. The number of carboxylic acids is 1. The topological polar surface area (TPSA) is 222 Å². The number of hydrogen-bond donors (Lipinski definition) is 9. The van der Waals surface area contributed by atoms with Crippen LogP contribution in [0.1, 0.15) is 42.0 Å². The zero-order valence-electron chi connectivity index (χ0n) is 25.1. The summed E-state index contributed by atoms with van der Waals surface area (Å²) in [5.41, 5.74) is 15.2. The highest BCUT2D eigenvalue weighted by atomic mass is 19.4. The highest BCUT2D eigenvalue weighted by Crippen LogP contribution is 2.57. The molecule has 0 atom stereocenters. The fourth-order valence-electron chi connectivity index (χ4n) is 5.17. The first kappa shape index (κ1) is 36.8. The van der Waals surface area contributed by atoms with E-state index in [1.165, 1.54) is 12.1 Å². The lowest BCUT2D eigenvalue weighted by molar-refractivity contribution is -0.288. The standard InChI is InChI=1S/C17H20N2O4.C15H12F6N2O2/c1-17(7-6-16(22)23,10-2-4-14(20)12(18)8-10)11-3-5-15(21)13(19)9-11;16-14(17,18)13(15(19,20)21,7-1-3-11(24)9(22)5-7)8-2-4-12(25)10(23)6-8/h2-5,8-9,20-21H,6-7,18-19H2,1H3,(H,22,23);1-6,24-25H,22-23H2. The largest absolute Gasteiger partial charge is 0.506 e. The SMILES string of the molecule is CC(CCC(=O)O)(c1ccc(O)c(N)c1)c1ccc(O)c(N)c1.Nc1cc(C(c2ccc(O)c(N)c2)(C(F)(F)F)C(F)(F)F)ccc1O. The van der Waals surface area contributed by atoms with E-state index in [9.17, 15) is 51.6 Å². The minimum absolute atomic E-state index is 0.0282. The quantitative estimate of drug-likeness (QED) is 0.0618. The number of rotatable bonds is 7. The summed E-state index contributed by atoms with van der Waals surface area (Å²) in [6.07, 6.45) is -11.4. The molecule has 0 spiro atoms. The van der Waals surface area contributed by atoms with E-state index in [0.29, 0.717) is 42.8 Å². The summed E-state index contributed by atoms with van der Waals surface area (Å²) in [4.78, 5) is 11.0. The van der Waals surface area contributed by atoms with Crippen molar-refractivity contribution in [1.29, 1.82) is 0 Å². The van der Waals surface area contributed by atoms with Gasteiger partial charge < -0.3 is 48.5 Å². The van der Waals surface area contributed by atoms with Crippen LogP contribution in [0, 0.1) is 0 Å². The number of aliphatic carboxylic acids is 1. The Morgan fingerprint density at radius 1 is 0.562 bits per heavy atom. The van der Waals surface area contributed by atoms with Gasteiger partial charge in [-0.25, -0.2) is 0 Å². The number of halogens is 6. The third-order valence-electron chi connectivity index (χ3n) is 7.94. The van der Waals surface area contributed by atoms with E-state index in [-0.39, 0.29) is 29.3 Å². The van der Waals surface area contributed by atoms with Crippen LogP contribution in [0.25, 0.3) is 0 Å². The maximum Gasteiger partial charge on any atom is 0.411 e. The smallest absolute Gasteiger partial charge is 0.411 e. The van der Waals surface area contributed by atoms with E-state index in [2.05, 4.69) is 0 Å². The van der Waals surface area contributed by atoms with Gasteiger partial charge in [0.05, 0.1) is 22.7 Å². The van der Waals surface area contributed by atoms with Crippen LogP contribution in [0.5, 0.6) is 23.0 Å². The molecule has 0 bridgehead atoms. The molecule has 0 fully saturated rings. The predicted molar refractivity (Wildman–Crippen MR) is 166 cm³/mol. The van der Waals surface area contributed by atoms with Gasteiger partial charge in [0.2, 0.25) is 5.41 Å². The molecule has 16 heteroatoms. The van der Waals surface area contributed by atoms with Crippen LogP contribution < -0.4 is 22.9 Å². The Morgan fingerprint density at radius 3 is 1.08 bits per heavy atom. The van der Waals surface area contributed by atoms with Gasteiger partial charge >= 0.3 is 18.3 Å². The second-order valence-corrected chi connectivity index (χ2v) is 11.1. The number of alkyl halides is 6. The monoisotopic (exact) mass is 682 g/mol. The number of phenolic OH excluding ortho intramolecular Hbond substituents is 4. The predicted octanol–water partition coefficient (Wildman–Crippen LogP) is 6.11. The van der Waals surface area contributed by atoms with Crippen LogP contribution in [0.15, 0.2) is 72.8 Å². The number of anilines is 4. The minimum Gasteiger partial charge on any atom is -0.506 e. The zero-order valence-corrected chi connectivity index (χ0v) is 25.1. The number of hydrogen-bond acceptors (Lipinski definition) is 9. The van der Waals surface area contributed by atoms with Gasteiger partial charge in [0.25, 0.3) is 0 Å². The van der Waals surface area contributed by atoms with Gasteiger partial charge in [-0.2, -0.15) is 26.3 Å².